The van der Waals surface area contributed by atoms with Gasteiger partial charge < -0.3 is 10.6 Å². The van der Waals surface area contributed by atoms with Crippen LogP contribution in [0.2, 0.25) is 0 Å². The number of likely N-dealkylation sites (tertiary alicyclic amines) is 1. The average Bonchev–Trinajstić information content (AvgIpc) is 2.78. The highest BCUT2D eigenvalue weighted by Crippen LogP contribution is 2.61. The number of carbonyl (C=O) groups excluding carboxylic acids is 1. The van der Waals surface area contributed by atoms with E-state index < -0.39 is 0 Å². The smallest absolute Gasteiger partial charge is 0.222 e. The molecule has 2 N–H and O–H groups in total. The molecule has 4 aliphatic carbocycles. The molecule has 2 atom stereocenters. The fraction of sp³-hybridized carbons (Fsp3) is 0.944. The predicted octanol–water partition coefficient (Wildman–Crippen LogP) is 2.79. The lowest BCUT2D eigenvalue weighted by Gasteiger charge is -2.59. The van der Waals surface area contributed by atoms with Gasteiger partial charge in [0.15, 0.2) is 0 Å². The van der Waals surface area contributed by atoms with Crippen LogP contribution in [0.1, 0.15) is 58.3 Å². The summed E-state index contributed by atoms with van der Waals surface area (Å²) in [6.45, 7) is 3.97. The second-order valence-electron chi connectivity index (χ2n) is 8.66. The van der Waals surface area contributed by atoms with Gasteiger partial charge in [0.05, 0.1) is 0 Å². The molecule has 21 heavy (non-hydrogen) atoms. The fourth-order valence-corrected chi connectivity index (χ4v) is 6.37. The number of hydrogen-bond acceptors (Lipinski definition) is 2. The molecule has 3 heteroatoms. The highest BCUT2D eigenvalue weighted by atomic mass is 16.2. The van der Waals surface area contributed by atoms with Crippen molar-refractivity contribution < 1.29 is 4.79 Å². The Kier molecular flexibility index (Phi) is 3.33. The Morgan fingerprint density at radius 1 is 1.19 bits per heavy atom. The molecule has 0 aromatic rings. The summed E-state index contributed by atoms with van der Waals surface area (Å²) in [5, 5.41) is 0. The summed E-state index contributed by atoms with van der Waals surface area (Å²) in [4.78, 5) is 14.3. The van der Waals surface area contributed by atoms with Gasteiger partial charge in [0.25, 0.3) is 0 Å². The van der Waals surface area contributed by atoms with Crippen molar-refractivity contribution >= 4 is 5.91 Å². The standard InChI is InChI=1S/C18H30N2O/c1-2-12-6-17(21)20(10-12)11-16(19)18-7-13-3-14(8-18)5-15(4-13)9-18/h12-16H,2-11,19H2,1H3. The molecule has 2 unspecified atom stereocenters. The Balaban J connectivity index is 1.45. The van der Waals surface area contributed by atoms with Crippen LogP contribution in [0.15, 0.2) is 0 Å². The number of nitrogens with zero attached hydrogens (tertiary/aromatic N) is 1. The molecule has 1 amide bonds. The Labute approximate surface area is 128 Å². The second kappa shape index (κ2) is 4.97. The summed E-state index contributed by atoms with van der Waals surface area (Å²) < 4.78 is 0. The zero-order valence-electron chi connectivity index (χ0n) is 13.4. The van der Waals surface area contributed by atoms with Crippen LogP contribution in [0.4, 0.5) is 0 Å². The topological polar surface area (TPSA) is 46.3 Å². The zero-order chi connectivity index (χ0) is 14.6. The number of rotatable bonds is 4. The highest BCUT2D eigenvalue weighted by Gasteiger charge is 2.53. The Morgan fingerprint density at radius 2 is 1.76 bits per heavy atom. The van der Waals surface area contributed by atoms with E-state index in [0.29, 0.717) is 17.2 Å². The van der Waals surface area contributed by atoms with Gasteiger partial charge >= 0.3 is 0 Å². The first-order valence-corrected chi connectivity index (χ1v) is 9.11. The monoisotopic (exact) mass is 290 g/mol. The van der Waals surface area contributed by atoms with Crippen LogP contribution in [0.25, 0.3) is 0 Å². The molecular weight excluding hydrogens is 260 g/mol. The largest absolute Gasteiger partial charge is 0.341 e. The van der Waals surface area contributed by atoms with E-state index in [2.05, 4.69) is 11.8 Å². The van der Waals surface area contributed by atoms with Gasteiger partial charge in [0.2, 0.25) is 5.91 Å². The van der Waals surface area contributed by atoms with Gasteiger partial charge in [0, 0.05) is 25.6 Å². The van der Waals surface area contributed by atoms with Gasteiger partial charge in [0.1, 0.15) is 0 Å². The lowest BCUT2D eigenvalue weighted by Crippen LogP contribution is -2.57. The maximum absolute atomic E-state index is 12.2. The van der Waals surface area contributed by atoms with Crippen LogP contribution >= 0.6 is 0 Å². The van der Waals surface area contributed by atoms with Crippen molar-refractivity contribution in [2.75, 3.05) is 13.1 Å². The van der Waals surface area contributed by atoms with Gasteiger partial charge in [-0.25, -0.2) is 0 Å². The van der Waals surface area contributed by atoms with E-state index in [1.165, 1.54) is 38.5 Å². The molecular formula is C18H30N2O. The van der Waals surface area contributed by atoms with Crippen LogP contribution in [-0.4, -0.2) is 29.9 Å². The van der Waals surface area contributed by atoms with Crippen molar-refractivity contribution in [3.8, 4) is 0 Å². The van der Waals surface area contributed by atoms with E-state index >= 15 is 0 Å². The summed E-state index contributed by atoms with van der Waals surface area (Å²) in [6, 6.07) is 0.213. The molecule has 5 rings (SSSR count). The summed E-state index contributed by atoms with van der Waals surface area (Å²) in [5.74, 6) is 3.75. The molecule has 1 heterocycles. The Bertz CT molecular complexity index is 398. The molecule has 4 saturated carbocycles. The number of hydrogen-bond donors (Lipinski definition) is 1. The fourth-order valence-electron chi connectivity index (χ4n) is 6.37. The van der Waals surface area contributed by atoms with E-state index in [4.69, 9.17) is 5.73 Å². The van der Waals surface area contributed by atoms with Crippen molar-refractivity contribution in [3.05, 3.63) is 0 Å². The van der Waals surface area contributed by atoms with Crippen LogP contribution in [0, 0.1) is 29.1 Å². The molecule has 0 aromatic heterocycles. The minimum atomic E-state index is 0.213. The number of amides is 1. The van der Waals surface area contributed by atoms with Crippen molar-refractivity contribution in [1.82, 2.24) is 4.90 Å². The minimum Gasteiger partial charge on any atom is -0.341 e. The maximum Gasteiger partial charge on any atom is 0.222 e. The molecule has 1 saturated heterocycles. The van der Waals surface area contributed by atoms with Crippen molar-refractivity contribution in [1.29, 1.82) is 0 Å². The molecule has 3 nitrogen and oxygen atoms in total. The van der Waals surface area contributed by atoms with Crippen molar-refractivity contribution in [2.24, 2.45) is 34.8 Å². The van der Waals surface area contributed by atoms with Crippen molar-refractivity contribution in [2.45, 2.75) is 64.3 Å². The SMILES string of the molecule is CCC1CC(=O)N(CC(N)C23CC4CC(CC(C4)C2)C3)C1. The molecule has 4 bridgehead atoms. The number of nitrogens with two attached hydrogens (primary N) is 1. The van der Waals surface area contributed by atoms with Gasteiger partial charge in [-0.3, -0.25) is 4.79 Å². The summed E-state index contributed by atoms with van der Waals surface area (Å²) in [6.07, 6.45) is 10.3. The van der Waals surface area contributed by atoms with Crippen LogP contribution < -0.4 is 5.73 Å². The summed E-state index contributed by atoms with van der Waals surface area (Å²) in [7, 11) is 0. The first-order chi connectivity index (χ1) is 10.1. The average molecular weight is 290 g/mol. The third-order valence-electron chi connectivity index (χ3n) is 7.16. The highest BCUT2D eigenvalue weighted by molar-refractivity contribution is 5.78. The van der Waals surface area contributed by atoms with Gasteiger partial charge in [-0.2, -0.15) is 0 Å². The third-order valence-corrected chi connectivity index (χ3v) is 7.16. The van der Waals surface area contributed by atoms with Crippen LogP contribution in [0.3, 0.4) is 0 Å². The minimum absolute atomic E-state index is 0.213. The first kappa shape index (κ1) is 14.0. The number of carbonyl (C=O) groups is 1. The van der Waals surface area contributed by atoms with Crippen LogP contribution in [0.5, 0.6) is 0 Å². The molecule has 0 aromatic carbocycles. The van der Waals surface area contributed by atoms with E-state index in [1.807, 2.05) is 0 Å². The molecule has 5 fully saturated rings. The molecule has 0 spiro atoms. The quantitative estimate of drug-likeness (QED) is 0.865. The second-order valence-corrected chi connectivity index (χ2v) is 8.66. The molecule has 5 aliphatic rings. The van der Waals surface area contributed by atoms with Gasteiger partial charge in [-0.05, 0) is 67.6 Å². The molecule has 1 aliphatic heterocycles. The zero-order valence-corrected chi connectivity index (χ0v) is 13.4. The van der Waals surface area contributed by atoms with Crippen molar-refractivity contribution in [3.63, 3.8) is 0 Å². The Morgan fingerprint density at radius 3 is 2.24 bits per heavy atom. The van der Waals surface area contributed by atoms with E-state index in [9.17, 15) is 4.79 Å². The summed E-state index contributed by atoms with van der Waals surface area (Å²) in [5.41, 5.74) is 7.08. The van der Waals surface area contributed by atoms with Gasteiger partial charge in [-0.15, -0.1) is 0 Å². The summed E-state index contributed by atoms with van der Waals surface area (Å²) >= 11 is 0. The van der Waals surface area contributed by atoms with E-state index in [0.717, 1.165) is 43.7 Å². The lowest BCUT2D eigenvalue weighted by atomic mass is 9.48. The lowest BCUT2D eigenvalue weighted by molar-refractivity contribution is -0.129. The van der Waals surface area contributed by atoms with Crippen LogP contribution in [-0.2, 0) is 4.79 Å². The van der Waals surface area contributed by atoms with E-state index in [1.54, 1.807) is 0 Å². The first-order valence-electron chi connectivity index (χ1n) is 9.11. The Hall–Kier alpha value is -0.570. The third kappa shape index (κ3) is 2.32. The van der Waals surface area contributed by atoms with E-state index in [-0.39, 0.29) is 6.04 Å². The normalized spacial score (nSPS) is 46.4. The van der Waals surface area contributed by atoms with Gasteiger partial charge in [-0.1, -0.05) is 13.3 Å². The molecule has 0 radical (unpaired) electrons. The predicted molar refractivity (Wildman–Crippen MR) is 83.6 cm³/mol. The maximum atomic E-state index is 12.2. The molecule has 118 valence electrons.